The molecule has 1 aromatic heterocycles. The maximum Gasteiger partial charge on any atom is 0.347 e. The second-order valence-electron chi connectivity index (χ2n) is 6.52. The fourth-order valence-corrected chi connectivity index (χ4v) is 2.76. The predicted octanol–water partition coefficient (Wildman–Crippen LogP) is 3.54. The molecule has 0 aliphatic heterocycles. The third-order valence-corrected chi connectivity index (χ3v) is 4.19. The van der Waals surface area contributed by atoms with Crippen LogP contribution in [0.3, 0.4) is 0 Å². The highest BCUT2D eigenvalue weighted by molar-refractivity contribution is 6.13. The number of aromatic nitrogens is 1. The van der Waals surface area contributed by atoms with Crippen LogP contribution in [-0.4, -0.2) is 27.4 Å². The lowest BCUT2D eigenvalue weighted by atomic mass is 9.86. The van der Waals surface area contributed by atoms with Crippen molar-refractivity contribution < 1.29 is 19.4 Å². The molecule has 1 N–H and O–H groups in total. The number of hydrogen-bond acceptors (Lipinski definition) is 4. The number of fused-ring (bicyclic) bond motifs is 1. The Morgan fingerprint density at radius 3 is 2.76 bits per heavy atom. The molecule has 1 aliphatic carbocycles. The van der Waals surface area contributed by atoms with Crippen LogP contribution in [0, 0.1) is 0 Å². The molecule has 128 valence electrons. The Morgan fingerprint density at radius 1 is 1.28 bits per heavy atom. The molecule has 0 atom stereocenters. The van der Waals surface area contributed by atoms with Crippen LogP contribution in [-0.2, 0) is 11.2 Å². The van der Waals surface area contributed by atoms with Crippen molar-refractivity contribution in [2.75, 3.05) is 0 Å². The molecule has 5 nitrogen and oxygen atoms in total. The molecule has 0 fully saturated rings. The highest BCUT2D eigenvalue weighted by atomic mass is 16.5. The summed E-state index contributed by atoms with van der Waals surface area (Å²) in [6, 6.07) is 8.86. The molecule has 5 heteroatoms. The summed E-state index contributed by atoms with van der Waals surface area (Å²) < 4.78 is 5.55. The van der Waals surface area contributed by atoms with Gasteiger partial charge in [-0.3, -0.25) is 9.78 Å². The molecule has 0 spiro atoms. The summed E-state index contributed by atoms with van der Waals surface area (Å²) in [4.78, 5) is 28.0. The van der Waals surface area contributed by atoms with Crippen LogP contribution in [0.25, 0.3) is 6.08 Å². The van der Waals surface area contributed by atoms with Crippen molar-refractivity contribution in [1.82, 2.24) is 4.98 Å². The SMILES string of the molecule is CC(C)(Oc1ccc2c(c1)CCC(=Cc1cccnc1)C2=O)C(=O)O. The van der Waals surface area contributed by atoms with E-state index in [1.54, 1.807) is 30.6 Å². The molecular weight excluding hydrogens is 318 g/mol. The number of aryl methyl sites for hydroxylation is 1. The lowest BCUT2D eigenvalue weighted by Gasteiger charge is -2.23. The molecule has 1 aromatic carbocycles. The first-order valence-corrected chi connectivity index (χ1v) is 8.07. The third-order valence-electron chi connectivity index (χ3n) is 4.19. The van der Waals surface area contributed by atoms with E-state index in [9.17, 15) is 9.59 Å². The minimum Gasteiger partial charge on any atom is -0.478 e. The number of nitrogens with zero attached hydrogens (tertiary/aromatic N) is 1. The van der Waals surface area contributed by atoms with Crippen molar-refractivity contribution >= 4 is 17.8 Å². The number of aliphatic carboxylic acids is 1. The average Bonchev–Trinajstić information content (AvgIpc) is 2.58. The molecule has 25 heavy (non-hydrogen) atoms. The van der Waals surface area contributed by atoms with Gasteiger partial charge in [0.1, 0.15) is 5.75 Å². The summed E-state index contributed by atoms with van der Waals surface area (Å²) in [5.41, 5.74) is 1.85. The normalized spacial score (nSPS) is 15.8. The van der Waals surface area contributed by atoms with Gasteiger partial charge in [0.15, 0.2) is 11.4 Å². The van der Waals surface area contributed by atoms with Gasteiger partial charge in [-0.25, -0.2) is 4.79 Å². The summed E-state index contributed by atoms with van der Waals surface area (Å²) in [7, 11) is 0. The van der Waals surface area contributed by atoms with Gasteiger partial charge in [-0.2, -0.15) is 0 Å². The number of pyridine rings is 1. The number of ether oxygens (including phenoxy) is 1. The minimum atomic E-state index is -1.32. The van der Waals surface area contributed by atoms with Gasteiger partial charge in [0.25, 0.3) is 0 Å². The average molecular weight is 337 g/mol. The van der Waals surface area contributed by atoms with Gasteiger partial charge in [0, 0.05) is 23.5 Å². The van der Waals surface area contributed by atoms with Gasteiger partial charge in [-0.05, 0) is 68.2 Å². The Hall–Kier alpha value is -2.95. The standard InChI is InChI=1S/C20H19NO4/c1-20(2,19(23)24)25-16-7-8-17-14(11-16)5-6-15(18(17)22)10-13-4-3-9-21-12-13/h3-4,7-12H,5-6H2,1-2H3,(H,23,24). The molecule has 0 unspecified atom stereocenters. The van der Waals surface area contributed by atoms with Crippen LogP contribution in [0.1, 0.15) is 41.8 Å². The number of allylic oxidation sites excluding steroid dienone is 1. The van der Waals surface area contributed by atoms with Crippen LogP contribution < -0.4 is 4.74 Å². The van der Waals surface area contributed by atoms with Crippen LogP contribution in [0.2, 0.25) is 0 Å². The van der Waals surface area contributed by atoms with Gasteiger partial charge in [0.05, 0.1) is 0 Å². The Balaban J connectivity index is 1.86. The number of carbonyl (C=O) groups is 2. The maximum atomic E-state index is 12.7. The first-order chi connectivity index (χ1) is 11.9. The molecule has 2 aromatic rings. The molecule has 0 bridgehead atoms. The van der Waals surface area contributed by atoms with Crippen LogP contribution in [0.4, 0.5) is 0 Å². The minimum absolute atomic E-state index is 0.00542. The Morgan fingerprint density at radius 2 is 2.08 bits per heavy atom. The second kappa shape index (κ2) is 6.51. The van der Waals surface area contributed by atoms with E-state index < -0.39 is 11.6 Å². The lowest BCUT2D eigenvalue weighted by Crippen LogP contribution is -2.37. The fourth-order valence-electron chi connectivity index (χ4n) is 2.76. The predicted molar refractivity (Wildman–Crippen MR) is 93.7 cm³/mol. The first kappa shape index (κ1) is 16.9. The molecule has 1 aliphatic rings. The van der Waals surface area contributed by atoms with Crippen molar-refractivity contribution in [1.29, 1.82) is 0 Å². The highest BCUT2D eigenvalue weighted by Crippen LogP contribution is 2.30. The van der Waals surface area contributed by atoms with E-state index in [2.05, 4.69) is 4.98 Å². The zero-order chi connectivity index (χ0) is 18.0. The Kier molecular flexibility index (Phi) is 4.40. The van der Waals surface area contributed by atoms with E-state index >= 15 is 0 Å². The number of carboxylic acid groups (broad SMARTS) is 1. The molecular formula is C20H19NO4. The van der Waals surface area contributed by atoms with Gasteiger partial charge in [0.2, 0.25) is 0 Å². The summed E-state index contributed by atoms with van der Waals surface area (Å²) >= 11 is 0. The fraction of sp³-hybridized carbons (Fsp3) is 0.250. The Labute approximate surface area is 146 Å². The van der Waals surface area contributed by atoms with E-state index in [0.29, 0.717) is 24.2 Å². The van der Waals surface area contributed by atoms with Gasteiger partial charge >= 0.3 is 5.97 Å². The maximum absolute atomic E-state index is 12.7. The van der Waals surface area contributed by atoms with Crippen molar-refractivity contribution in [2.45, 2.75) is 32.3 Å². The van der Waals surface area contributed by atoms with Crippen molar-refractivity contribution in [3.63, 3.8) is 0 Å². The molecule has 0 amide bonds. The van der Waals surface area contributed by atoms with Gasteiger partial charge < -0.3 is 9.84 Å². The number of carbonyl (C=O) groups excluding carboxylic acids is 1. The van der Waals surface area contributed by atoms with Crippen LogP contribution in [0.15, 0.2) is 48.3 Å². The number of carboxylic acids is 1. The summed E-state index contributed by atoms with van der Waals surface area (Å²) in [5.74, 6) is -0.587. The van der Waals surface area contributed by atoms with E-state index in [1.807, 2.05) is 18.2 Å². The van der Waals surface area contributed by atoms with E-state index in [1.165, 1.54) is 13.8 Å². The molecule has 3 rings (SSSR count). The summed E-state index contributed by atoms with van der Waals surface area (Å²) in [6.45, 7) is 2.99. The van der Waals surface area contributed by atoms with E-state index in [4.69, 9.17) is 9.84 Å². The smallest absolute Gasteiger partial charge is 0.347 e. The van der Waals surface area contributed by atoms with Crippen molar-refractivity contribution in [3.8, 4) is 5.75 Å². The number of hydrogen-bond donors (Lipinski definition) is 1. The van der Waals surface area contributed by atoms with Crippen LogP contribution >= 0.6 is 0 Å². The number of rotatable bonds is 4. The topological polar surface area (TPSA) is 76.5 Å². The molecule has 0 saturated heterocycles. The van der Waals surface area contributed by atoms with E-state index in [0.717, 1.165) is 16.7 Å². The zero-order valence-electron chi connectivity index (χ0n) is 14.2. The number of ketones is 1. The number of Topliss-reactive ketones (excluding diaryl/α,β-unsaturated/α-hetero) is 1. The highest BCUT2D eigenvalue weighted by Gasteiger charge is 2.30. The second-order valence-corrected chi connectivity index (χ2v) is 6.52. The van der Waals surface area contributed by atoms with Crippen molar-refractivity contribution in [2.24, 2.45) is 0 Å². The molecule has 0 saturated carbocycles. The largest absolute Gasteiger partial charge is 0.478 e. The lowest BCUT2D eigenvalue weighted by molar-refractivity contribution is -0.152. The van der Waals surface area contributed by atoms with Gasteiger partial charge in [-0.15, -0.1) is 0 Å². The zero-order valence-corrected chi connectivity index (χ0v) is 14.2. The number of benzene rings is 1. The Bertz CT molecular complexity index is 853. The third kappa shape index (κ3) is 3.60. The summed E-state index contributed by atoms with van der Waals surface area (Å²) in [5, 5.41) is 9.17. The molecule has 0 radical (unpaired) electrons. The molecule has 1 heterocycles. The van der Waals surface area contributed by atoms with E-state index in [-0.39, 0.29) is 5.78 Å². The quantitative estimate of drug-likeness (QED) is 0.864. The van der Waals surface area contributed by atoms with Gasteiger partial charge in [-0.1, -0.05) is 6.07 Å². The monoisotopic (exact) mass is 337 g/mol. The van der Waals surface area contributed by atoms with Crippen LogP contribution in [0.5, 0.6) is 5.75 Å². The first-order valence-electron chi connectivity index (χ1n) is 8.07. The van der Waals surface area contributed by atoms with Crippen molar-refractivity contribution in [3.05, 3.63) is 65.0 Å². The summed E-state index contributed by atoms with van der Waals surface area (Å²) in [6.07, 6.45) is 6.63.